The molecule has 0 aromatic heterocycles. The first kappa shape index (κ1) is 15.0. The summed E-state index contributed by atoms with van der Waals surface area (Å²) >= 11 is 0. The quantitative estimate of drug-likeness (QED) is 0.741. The maximum atomic E-state index is 5.43. The molecule has 2 rings (SSSR count). The largest absolute Gasteiger partial charge is 0.497 e. The molecule has 2 aromatic rings. The van der Waals surface area contributed by atoms with Gasteiger partial charge < -0.3 is 14.2 Å². The van der Waals surface area contributed by atoms with E-state index in [0.717, 1.165) is 28.4 Å². The Hall–Kier alpha value is -2.42. The zero-order valence-electron chi connectivity index (χ0n) is 12.6. The maximum absolute atomic E-state index is 5.43. The van der Waals surface area contributed by atoms with Gasteiger partial charge in [0.15, 0.2) is 0 Å². The molecule has 0 unspecified atom stereocenters. The van der Waals surface area contributed by atoms with Crippen molar-refractivity contribution in [3.63, 3.8) is 0 Å². The molecule has 110 valence electrons. The number of ether oxygens (including phenoxy) is 3. The minimum absolute atomic E-state index is 0.679. The third-order valence-electron chi connectivity index (χ3n) is 3.03. The molecular weight excluding hydrogens is 264 g/mol. The third kappa shape index (κ3) is 4.28. The van der Waals surface area contributed by atoms with E-state index in [1.807, 2.05) is 61.5 Å². The van der Waals surface area contributed by atoms with Crippen LogP contribution in [-0.2, 0) is 0 Å². The molecule has 0 aliphatic carbocycles. The second-order valence-electron chi connectivity index (χ2n) is 4.48. The number of benzene rings is 2. The molecule has 21 heavy (non-hydrogen) atoms. The Balaban J connectivity index is 2.16. The van der Waals surface area contributed by atoms with Crippen molar-refractivity contribution in [2.24, 2.45) is 0 Å². The first-order valence-corrected chi connectivity index (χ1v) is 6.89. The molecule has 2 aromatic carbocycles. The van der Waals surface area contributed by atoms with Gasteiger partial charge in [-0.1, -0.05) is 24.3 Å². The van der Waals surface area contributed by atoms with Gasteiger partial charge in [-0.2, -0.15) is 0 Å². The van der Waals surface area contributed by atoms with Crippen LogP contribution in [0.3, 0.4) is 0 Å². The summed E-state index contributed by atoms with van der Waals surface area (Å²) in [7, 11) is 3.30. The smallest absolute Gasteiger partial charge is 0.123 e. The molecule has 0 atom stereocenters. The predicted octanol–water partition coefficient (Wildman–Crippen LogP) is 4.27. The minimum Gasteiger partial charge on any atom is -0.497 e. The molecule has 0 saturated carbocycles. The van der Waals surface area contributed by atoms with E-state index in [9.17, 15) is 0 Å². The topological polar surface area (TPSA) is 27.7 Å². The van der Waals surface area contributed by atoms with Crippen LogP contribution in [0.1, 0.15) is 18.1 Å². The van der Waals surface area contributed by atoms with Crippen LogP contribution in [-0.4, -0.2) is 20.8 Å². The van der Waals surface area contributed by atoms with E-state index in [1.165, 1.54) is 0 Å². The molecule has 0 saturated heterocycles. The summed E-state index contributed by atoms with van der Waals surface area (Å²) in [5, 5.41) is 0. The van der Waals surface area contributed by atoms with E-state index in [4.69, 9.17) is 14.2 Å². The highest BCUT2D eigenvalue weighted by Gasteiger charge is 1.99. The highest BCUT2D eigenvalue weighted by atomic mass is 16.5. The van der Waals surface area contributed by atoms with Crippen molar-refractivity contribution in [1.82, 2.24) is 0 Å². The van der Waals surface area contributed by atoms with Crippen LogP contribution in [0, 0.1) is 0 Å². The van der Waals surface area contributed by atoms with E-state index in [2.05, 4.69) is 0 Å². The van der Waals surface area contributed by atoms with Crippen molar-refractivity contribution in [2.45, 2.75) is 6.92 Å². The number of hydrogen-bond donors (Lipinski definition) is 0. The van der Waals surface area contributed by atoms with Crippen molar-refractivity contribution in [2.75, 3.05) is 20.8 Å². The lowest BCUT2D eigenvalue weighted by atomic mass is 10.1. The van der Waals surface area contributed by atoms with Gasteiger partial charge >= 0.3 is 0 Å². The number of methoxy groups -OCH3 is 2. The molecule has 0 fully saturated rings. The zero-order chi connectivity index (χ0) is 15.1. The van der Waals surface area contributed by atoms with Crippen LogP contribution in [0.25, 0.3) is 12.2 Å². The standard InChI is InChI=1S/C18H20O3/c1-4-21-16-9-7-14(8-10-16)5-6-15-11-17(19-2)13-18(12-15)20-3/h5-13H,4H2,1-3H3/b6-5-. The molecule has 3 heteroatoms. The Labute approximate surface area is 125 Å². The highest BCUT2D eigenvalue weighted by Crippen LogP contribution is 2.24. The summed E-state index contributed by atoms with van der Waals surface area (Å²) in [5.74, 6) is 2.44. The van der Waals surface area contributed by atoms with Gasteiger partial charge in [0.1, 0.15) is 17.2 Å². The lowest BCUT2D eigenvalue weighted by molar-refractivity contribution is 0.340. The van der Waals surface area contributed by atoms with Gasteiger partial charge in [0.05, 0.1) is 20.8 Å². The molecule has 0 amide bonds. The average Bonchev–Trinajstić information content (AvgIpc) is 2.54. The second-order valence-corrected chi connectivity index (χ2v) is 4.48. The summed E-state index contributed by atoms with van der Waals surface area (Å²) in [4.78, 5) is 0. The maximum Gasteiger partial charge on any atom is 0.123 e. The fourth-order valence-corrected chi connectivity index (χ4v) is 1.96. The first-order valence-electron chi connectivity index (χ1n) is 6.89. The van der Waals surface area contributed by atoms with E-state index >= 15 is 0 Å². The van der Waals surface area contributed by atoms with Crippen molar-refractivity contribution < 1.29 is 14.2 Å². The Morgan fingerprint density at radius 3 is 1.86 bits per heavy atom. The molecule has 0 aliphatic rings. The van der Waals surface area contributed by atoms with Crippen LogP contribution in [0.2, 0.25) is 0 Å². The van der Waals surface area contributed by atoms with Gasteiger partial charge in [-0.25, -0.2) is 0 Å². The van der Waals surface area contributed by atoms with Crippen LogP contribution in [0.15, 0.2) is 42.5 Å². The number of rotatable bonds is 6. The molecule has 0 bridgehead atoms. The second kappa shape index (κ2) is 7.39. The van der Waals surface area contributed by atoms with Crippen molar-refractivity contribution >= 4 is 12.2 Å². The Kier molecular flexibility index (Phi) is 5.27. The molecular formula is C18H20O3. The van der Waals surface area contributed by atoms with Crippen molar-refractivity contribution in [3.05, 3.63) is 53.6 Å². The SMILES string of the molecule is CCOc1ccc(/C=C\c2cc(OC)cc(OC)c2)cc1. The summed E-state index contributed by atoms with van der Waals surface area (Å²) in [6, 6.07) is 13.8. The Morgan fingerprint density at radius 1 is 0.762 bits per heavy atom. The highest BCUT2D eigenvalue weighted by molar-refractivity contribution is 5.71. The van der Waals surface area contributed by atoms with Gasteiger partial charge in [0.25, 0.3) is 0 Å². The van der Waals surface area contributed by atoms with Crippen LogP contribution in [0.4, 0.5) is 0 Å². The van der Waals surface area contributed by atoms with Crippen molar-refractivity contribution in [1.29, 1.82) is 0 Å². The zero-order valence-corrected chi connectivity index (χ0v) is 12.6. The van der Waals surface area contributed by atoms with Gasteiger partial charge in [0, 0.05) is 6.07 Å². The van der Waals surface area contributed by atoms with Gasteiger partial charge in [-0.15, -0.1) is 0 Å². The van der Waals surface area contributed by atoms with Crippen LogP contribution in [0.5, 0.6) is 17.2 Å². The Bertz CT molecular complexity index is 578. The summed E-state index contributed by atoms with van der Waals surface area (Å²) in [6.45, 7) is 2.66. The first-order chi connectivity index (χ1) is 10.2. The molecule has 0 aliphatic heterocycles. The van der Waals surface area contributed by atoms with Gasteiger partial charge in [-0.3, -0.25) is 0 Å². The van der Waals surface area contributed by atoms with Crippen LogP contribution < -0.4 is 14.2 Å². The number of hydrogen-bond acceptors (Lipinski definition) is 3. The summed E-state index contributed by atoms with van der Waals surface area (Å²) in [6.07, 6.45) is 4.07. The summed E-state index contributed by atoms with van der Waals surface area (Å²) in [5.41, 5.74) is 2.14. The molecule has 0 N–H and O–H groups in total. The van der Waals surface area contributed by atoms with Gasteiger partial charge in [0.2, 0.25) is 0 Å². The summed E-state index contributed by atoms with van der Waals surface area (Å²) < 4.78 is 16.0. The fraction of sp³-hybridized carbons (Fsp3) is 0.222. The monoisotopic (exact) mass is 284 g/mol. The predicted molar refractivity (Wildman–Crippen MR) is 86.1 cm³/mol. The van der Waals surface area contributed by atoms with E-state index < -0.39 is 0 Å². The third-order valence-corrected chi connectivity index (χ3v) is 3.03. The van der Waals surface area contributed by atoms with E-state index in [1.54, 1.807) is 14.2 Å². The Morgan fingerprint density at radius 2 is 1.33 bits per heavy atom. The van der Waals surface area contributed by atoms with Crippen molar-refractivity contribution in [3.8, 4) is 17.2 Å². The average molecular weight is 284 g/mol. The molecule has 0 spiro atoms. The molecule has 0 heterocycles. The molecule has 3 nitrogen and oxygen atoms in total. The van der Waals surface area contributed by atoms with Crippen LogP contribution >= 0.6 is 0 Å². The fourth-order valence-electron chi connectivity index (χ4n) is 1.96. The lowest BCUT2D eigenvalue weighted by Crippen LogP contribution is -1.90. The van der Waals surface area contributed by atoms with Gasteiger partial charge in [-0.05, 0) is 42.3 Å². The minimum atomic E-state index is 0.679. The molecule has 0 radical (unpaired) electrons. The van der Waals surface area contributed by atoms with E-state index in [-0.39, 0.29) is 0 Å². The van der Waals surface area contributed by atoms with E-state index in [0.29, 0.717) is 6.61 Å². The lowest BCUT2D eigenvalue weighted by Gasteiger charge is -2.06. The normalized spacial score (nSPS) is 10.6.